The standard InChI is InChI=1S/C12H21ClN2/c1-9(2)7-11(13)5-6-12-8-10(3)14-15(12)4/h8-9,11H,5-7H2,1-4H3. The van der Waals surface area contributed by atoms with E-state index >= 15 is 0 Å². The molecule has 0 saturated carbocycles. The zero-order valence-corrected chi connectivity index (χ0v) is 10.9. The van der Waals surface area contributed by atoms with Crippen LogP contribution in [0.4, 0.5) is 0 Å². The van der Waals surface area contributed by atoms with Gasteiger partial charge >= 0.3 is 0 Å². The molecule has 0 fully saturated rings. The van der Waals surface area contributed by atoms with E-state index in [0.29, 0.717) is 11.3 Å². The van der Waals surface area contributed by atoms with Crippen molar-refractivity contribution in [2.24, 2.45) is 13.0 Å². The molecule has 0 radical (unpaired) electrons. The van der Waals surface area contributed by atoms with Gasteiger partial charge in [-0.1, -0.05) is 13.8 Å². The van der Waals surface area contributed by atoms with Crippen molar-refractivity contribution in [2.75, 3.05) is 0 Å². The van der Waals surface area contributed by atoms with Gasteiger partial charge < -0.3 is 0 Å². The second-order valence-corrected chi connectivity index (χ2v) is 5.28. The number of nitrogens with zero attached hydrogens (tertiary/aromatic N) is 2. The smallest absolute Gasteiger partial charge is 0.0596 e. The molecule has 86 valence electrons. The molecule has 0 aromatic carbocycles. The molecule has 15 heavy (non-hydrogen) atoms. The van der Waals surface area contributed by atoms with Crippen LogP contribution in [0.1, 0.15) is 38.1 Å². The number of rotatable bonds is 5. The first-order valence-electron chi connectivity index (χ1n) is 5.62. The Morgan fingerprint density at radius 3 is 2.60 bits per heavy atom. The molecule has 0 aliphatic heterocycles. The van der Waals surface area contributed by atoms with Gasteiger partial charge in [-0.3, -0.25) is 4.68 Å². The highest BCUT2D eigenvalue weighted by Crippen LogP contribution is 2.17. The first-order chi connectivity index (χ1) is 6.99. The fourth-order valence-electron chi connectivity index (χ4n) is 1.83. The molecule has 2 nitrogen and oxygen atoms in total. The van der Waals surface area contributed by atoms with Gasteiger partial charge in [0.15, 0.2) is 0 Å². The Labute approximate surface area is 97.6 Å². The van der Waals surface area contributed by atoms with E-state index in [2.05, 4.69) is 25.0 Å². The summed E-state index contributed by atoms with van der Waals surface area (Å²) in [6.07, 6.45) is 3.16. The third-order valence-electron chi connectivity index (χ3n) is 2.54. The summed E-state index contributed by atoms with van der Waals surface area (Å²) in [5.41, 5.74) is 2.37. The Bertz CT molecular complexity index is 305. The monoisotopic (exact) mass is 228 g/mol. The van der Waals surface area contributed by atoms with E-state index in [1.807, 2.05) is 18.7 Å². The van der Waals surface area contributed by atoms with Crippen LogP contribution in [0.5, 0.6) is 0 Å². The summed E-state index contributed by atoms with van der Waals surface area (Å²) < 4.78 is 1.95. The van der Waals surface area contributed by atoms with Gasteiger partial charge in [0.05, 0.1) is 5.69 Å². The van der Waals surface area contributed by atoms with Crippen molar-refractivity contribution in [3.05, 3.63) is 17.5 Å². The Morgan fingerprint density at radius 2 is 2.13 bits per heavy atom. The highest BCUT2D eigenvalue weighted by Gasteiger charge is 2.09. The summed E-state index contributed by atoms with van der Waals surface area (Å²) in [6.45, 7) is 6.45. The van der Waals surface area contributed by atoms with Gasteiger partial charge in [0.1, 0.15) is 0 Å². The lowest BCUT2D eigenvalue weighted by molar-refractivity contribution is 0.538. The van der Waals surface area contributed by atoms with Gasteiger partial charge in [0.2, 0.25) is 0 Å². The molecule has 1 unspecified atom stereocenters. The fourth-order valence-corrected chi connectivity index (χ4v) is 2.30. The maximum Gasteiger partial charge on any atom is 0.0596 e. The second kappa shape index (κ2) is 5.55. The molecular weight excluding hydrogens is 208 g/mol. The maximum atomic E-state index is 6.26. The molecule has 0 bridgehead atoms. The van der Waals surface area contributed by atoms with E-state index in [4.69, 9.17) is 11.6 Å². The van der Waals surface area contributed by atoms with Crippen LogP contribution in [0.15, 0.2) is 6.07 Å². The van der Waals surface area contributed by atoms with Crippen molar-refractivity contribution < 1.29 is 0 Å². The van der Waals surface area contributed by atoms with Gasteiger partial charge in [0.25, 0.3) is 0 Å². The second-order valence-electron chi connectivity index (χ2n) is 4.67. The quantitative estimate of drug-likeness (QED) is 0.707. The molecule has 0 amide bonds. The molecule has 1 aromatic heterocycles. The number of alkyl halides is 1. The van der Waals surface area contributed by atoms with Crippen molar-refractivity contribution in [1.29, 1.82) is 0 Å². The predicted octanol–water partition coefficient (Wildman–Crippen LogP) is 3.31. The summed E-state index contributed by atoms with van der Waals surface area (Å²) in [5, 5.41) is 4.62. The SMILES string of the molecule is Cc1cc(CCC(Cl)CC(C)C)n(C)n1. The summed E-state index contributed by atoms with van der Waals surface area (Å²) >= 11 is 6.26. The van der Waals surface area contributed by atoms with Crippen LogP contribution in [0, 0.1) is 12.8 Å². The Balaban J connectivity index is 2.40. The molecule has 1 aromatic rings. The van der Waals surface area contributed by atoms with E-state index in [0.717, 1.165) is 25.0 Å². The van der Waals surface area contributed by atoms with Gasteiger partial charge in [-0.2, -0.15) is 5.10 Å². The minimum Gasteiger partial charge on any atom is -0.272 e. The molecule has 3 heteroatoms. The predicted molar refractivity (Wildman–Crippen MR) is 65.4 cm³/mol. The Morgan fingerprint density at radius 1 is 1.47 bits per heavy atom. The highest BCUT2D eigenvalue weighted by atomic mass is 35.5. The van der Waals surface area contributed by atoms with Crippen molar-refractivity contribution in [1.82, 2.24) is 9.78 Å². The van der Waals surface area contributed by atoms with Crippen LogP contribution in [0.25, 0.3) is 0 Å². The highest BCUT2D eigenvalue weighted by molar-refractivity contribution is 6.20. The first-order valence-corrected chi connectivity index (χ1v) is 6.06. The Kier molecular flexibility index (Phi) is 4.65. The van der Waals surface area contributed by atoms with Crippen LogP contribution in [-0.4, -0.2) is 15.2 Å². The largest absolute Gasteiger partial charge is 0.272 e. The average molecular weight is 229 g/mol. The number of aromatic nitrogens is 2. The summed E-state index contributed by atoms with van der Waals surface area (Å²) in [7, 11) is 1.99. The number of aryl methyl sites for hydroxylation is 3. The molecule has 0 aliphatic rings. The third-order valence-corrected chi connectivity index (χ3v) is 2.94. The topological polar surface area (TPSA) is 17.8 Å². The maximum absolute atomic E-state index is 6.26. The van der Waals surface area contributed by atoms with E-state index < -0.39 is 0 Å². The average Bonchev–Trinajstić information content (AvgIpc) is 2.40. The number of hydrogen-bond acceptors (Lipinski definition) is 1. The van der Waals surface area contributed by atoms with Crippen molar-refractivity contribution in [3.8, 4) is 0 Å². The third kappa shape index (κ3) is 4.25. The molecule has 0 saturated heterocycles. The van der Waals surface area contributed by atoms with Crippen LogP contribution >= 0.6 is 11.6 Å². The molecule has 1 heterocycles. The zero-order chi connectivity index (χ0) is 11.4. The number of hydrogen-bond donors (Lipinski definition) is 0. The molecular formula is C12H21ClN2. The lowest BCUT2D eigenvalue weighted by Gasteiger charge is -2.11. The van der Waals surface area contributed by atoms with Crippen LogP contribution in [0.2, 0.25) is 0 Å². The van der Waals surface area contributed by atoms with Crippen LogP contribution in [-0.2, 0) is 13.5 Å². The minimum absolute atomic E-state index is 0.292. The van der Waals surface area contributed by atoms with Gasteiger partial charge in [-0.15, -0.1) is 11.6 Å². The molecule has 1 atom stereocenters. The summed E-state index contributed by atoms with van der Waals surface area (Å²) in [4.78, 5) is 0. The summed E-state index contributed by atoms with van der Waals surface area (Å²) in [5.74, 6) is 0.681. The molecule has 0 aliphatic carbocycles. The number of halogens is 1. The van der Waals surface area contributed by atoms with E-state index in [1.54, 1.807) is 0 Å². The lowest BCUT2D eigenvalue weighted by Crippen LogP contribution is -2.07. The molecule has 1 rings (SSSR count). The van der Waals surface area contributed by atoms with Gasteiger partial charge in [0, 0.05) is 18.1 Å². The lowest BCUT2D eigenvalue weighted by atomic mass is 10.0. The minimum atomic E-state index is 0.292. The van der Waals surface area contributed by atoms with Crippen LogP contribution in [0.3, 0.4) is 0 Å². The molecule has 0 N–H and O–H groups in total. The van der Waals surface area contributed by atoms with Crippen molar-refractivity contribution in [2.45, 2.75) is 45.4 Å². The Hall–Kier alpha value is -0.500. The van der Waals surface area contributed by atoms with E-state index in [9.17, 15) is 0 Å². The first kappa shape index (κ1) is 12.6. The van der Waals surface area contributed by atoms with Crippen molar-refractivity contribution >= 4 is 11.6 Å². The van der Waals surface area contributed by atoms with Crippen LogP contribution < -0.4 is 0 Å². The zero-order valence-electron chi connectivity index (χ0n) is 10.1. The van der Waals surface area contributed by atoms with E-state index in [1.165, 1.54) is 5.69 Å². The fraction of sp³-hybridized carbons (Fsp3) is 0.750. The van der Waals surface area contributed by atoms with Crippen molar-refractivity contribution in [3.63, 3.8) is 0 Å². The summed E-state index contributed by atoms with van der Waals surface area (Å²) in [6, 6.07) is 2.14. The van der Waals surface area contributed by atoms with Gasteiger partial charge in [-0.25, -0.2) is 0 Å². The van der Waals surface area contributed by atoms with E-state index in [-0.39, 0.29) is 0 Å². The normalized spacial score (nSPS) is 13.5. The molecule has 0 spiro atoms. The van der Waals surface area contributed by atoms with Gasteiger partial charge in [-0.05, 0) is 38.2 Å².